The van der Waals surface area contributed by atoms with Gasteiger partial charge in [-0.1, -0.05) is 24.3 Å². The van der Waals surface area contributed by atoms with E-state index in [2.05, 4.69) is 15.1 Å². The Bertz CT molecular complexity index is 586. The van der Waals surface area contributed by atoms with Gasteiger partial charge in [0.15, 0.2) is 0 Å². The molecule has 1 aromatic carbocycles. The number of benzene rings is 1. The normalized spacial score (nSPS) is 17.3. The number of piperidine rings is 1. The van der Waals surface area contributed by atoms with Crippen molar-refractivity contribution < 1.29 is 13.2 Å². The van der Waals surface area contributed by atoms with Gasteiger partial charge in [0.2, 0.25) is 5.96 Å². The van der Waals surface area contributed by atoms with Crippen molar-refractivity contribution in [2.24, 2.45) is 27.6 Å². The quantitative estimate of drug-likeness (QED) is 0.489. The maximum absolute atomic E-state index is 12.7. The van der Waals surface area contributed by atoms with Crippen LogP contribution in [0.3, 0.4) is 0 Å². The summed E-state index contributed by atoms with van der Waals surface area (Å²) in [5.41, 5.74) is 12.4. The van der Waals surface area contributed by atoms with Gasteiger partial charge in [0.25, 0.3) is 0 Å². The highest BCUT2D eigenvalue weighted by Gasteiger charge is 2.40. The zero-order valence-corrected chi connectivity index (χ0v) is 13.3. The molecule has 0 bridgehead atoms. The van der Waals surface area contributed by atoms with Crippen LogP contribution in [0.4, 0.5) is 13.2 Å². The van der Waals surface area contributed by atoms with Crippen LogP contribution in [0.15, 0.2) is 34.5 Å². The first-order valence-corrected chi connectivity index (χ1v) is 7.84. The highest BCUT2D eigenvalue weighted by molar-refractivity contribution is 5.81. The molecule has 0 aromatic heterocycles. The lowest BCUT2D eigenvalue weighted by Crippen LogP contribution is -2.39. The smallest absolute Gasteiger partial charge is 0.369 e. The van der Waals surface area contributed by atoms with Gasteiger partial charge in [0.1, 0.15) is 0 Å². The molecule has 2 rings (SSSR count). The number of rotatable bonds is 5. The summed E-state index contributed by atoms with van der Waals surface area (Å²) < 4.78 is 38.0. The standard InChI is InChI=1S/C16H22F3N5/c17-16(18,19)14-5-8-24(9-6-14)7-4-12-2-1-3-13(10-12)11-22-23-15(20)21/h1-3,10-11,14H,4-9H2,(H4,20,21,23). The highest BCUT2D eigenvalue weighted by Crippen LogP contribution is 2.34. The van der Waals surface area contributed by atoms with Crippen LogP contribution < -0.4 is 11.5 Å². The van der Waals surface area contributed by atoms with Gasteiger partial charge in [-0.15, -0.1) is 5.10 Å². The molecule has 0 spiro atoms. The van der Waals surface area contributed by atoms with Gasteiger partial charge < -0.3 is 16.4 Å². The lowest BCUT2D eigenvalue weighted by molar-refractivity contribution is -0.185. The van der Waals surface area contributed by atoms with Gasteiger partial charge in [-0.05, 0) is 43.5 Å². The predicted octanol–water partition coefficient (Wildman–Crippen LogP) is 2.11. The van der Waals surface area contributed by atoms with Crippen molar-refractivity contribution in [3.05, 3.63) is 35.4 Å². The summed E-state index contributed by atoms with van der Waals surface area (Å²) in [4.78, 5) is 2.09. The average Bonchev–Trinajstić information content (AvgIpc) is 2.52. The molecule has 4 N–H and O–H groups in total. The van der Waals surface area contributed by atoms with Gasteiger partial charge in [-0.25, -0.2) is 0 Å². The Morgan fingerprint density at radius 3 is 2.58 bits per heavy atom. The lowest BCUT2D eigenvalue weighted by Gasteiger charge is -2.32. The van der Waals surface area contributed by atoms with Crippen molar-refractivity contribution >= 4 is 12.2 Å². The number of likely N-dealkylation sites (tertiary alicyclic amines) is 1. The molecular formula is C16H22F3N5. The molecule has 0 amide bonds. The third-order valence-electron chi connectivity index (χ3n) is 4.10. The molecule has 1 aromatic rings. The first kappa shape index (κ1) is 18.3. The molecule has 1 aliphatic rings. The maximum Gasteiger partial charge on any atom is 0.391 e. The Morgan fingerprint density at radius 1 is 1.25 bits per heavy atom. The van der Waals surface area contributed by atoms with Crippen molar-refractivity contribution in [2.75, 3.05) is 19.6 Å². The number of nitrogens with two attached hydrogens (primary N) is 2. The third-order valence-corrected chi connectivity index (χ3v) is 4.10. The summed E-state index contributed by atoms with van der Waals surface area (Å²) in [5, 5.41) is 7.30. The number of hydrogen-bond donors (Lipinski definition) is 2. The SMILES string of the molecule is NC(N)=NN=Cc1cccc(CCN2CCC(C(F)(F)F)CC2)c1. The van der Waals surface area contributed by atoms with Crippen molar-refractivity contribution in [3.8, 4) is 0 Å². The van der Waals surface area contributed by atoms with Crippen molar-refractivity contribution in [2.45, 2.75) is 25.4 Å². The fraction of sp³-hybridized carbons (Fsp3) is 0.500. The van der Waals surface area contributed by atoms with Crippen LogP contribution in [0.25, 0.3) is 0 Å². The molecule has 0 saturated carbocycles. The van der Waals surface area contributed by atoms with Crippen LogP contribution in [-0.2, 0) is 6.42 Å². The Balaban J connectivity index is 1.83. The van der Waals surface area contributed by atoms with Crippen LogP contribution in [0.2, 0.25) is 0 Å². The zero-order valence-electron chi connectivity index (χ0n) is 13.3. The lowest BCUT2D eigenvalue weighted by atomic mass is 9.96. The predicted molar refractivity (Wildman–Crippen MR) is 88.8 cm³/mol. The largest absolute Gasteiger partial charge is 0.391 e. The second-order valence-corrected chi connectivity index (χ2v) is 5.92. The van der Waals surface area contributed by atoms with Gasteiger partial charge in [0.05, 0.1) is 12.1 Å². The summed E-state index contributed by atoms with van der Waals surface area (Å²) in [5.74, 6) is -1.26. The van der Waals surface area contributed by atoms with E-state index in [-0.39, 0.29) is 18.8 Å². The van der Waals surface area contributed by atoms with Crippen LogP contribution in [0.1, 0.15) is 24.0 Å². The first-order chi connectivity index (χ1) is 11.3. The molecule has 1 saturated heterocycles. The summed E-state index contributed by atoms with van der Waals surface area (Å²) in [6, 6.07) is 7.74. The molecule has 0 atom stereocenters. The first-order valence-electron chi connectivity index (χ1n) is 7.84. The van der Waals surface area contributed by atoms with E-state index in [1.807, 2.05) is 24.3 Å². The zero-order chi connectivity index (χ0) is 17.6. The second kappa shape index (κ2) is 8.14. The Kier molecular flexibility index (Phi) is 6.19. The van der Waals surface area contributed by atoms with E-state index in [0.29, 0.717) is 13.1 Å². The van der Waals surface area contributed by atoms with Crippen LogP contribution in [-0.4, -0.2) is 42.9 Å². The highest BCUT2D eigenvalue weighted by atomic mass is 19.4. The van der Waals surface area contributed by atoms with Crippen molar-refractivity contribution in [1.29, 1.82) is 0 Å². The monoisotopic (exact) mass is 341 g/mol. The summed E-state index contributed by atoms with van der Waals surface area (Å²) in [6.07, 6.45) is -1.35. The van der Waals surface area contributed by atoms with Crippen LogP contribution >= 0.6 is 0 Å². The van der Waals surface area contributed by atoms with E-state index < -0.39 is 12.1 Å². The molecule has 1 fully saturated rings. The van der Waals surface area contributed by atoms with E-state index in [9.17, 15) is 13.2 Å². The minimum Gasteiger partial charge on any atom is -0.369 e. The van der Waals surface area contributed by atoms with Crippen LogP contribution in [0, 0.1) is 5.92 Å². The van der Waals surface area contributed by atoms with Crippen molar-refractivity contribution in [3.63, 3.8) is 0 Å². The molecule has 0 unspecified atom stereocenters. The Morgan fingerprint density at radius 2 is 1.96 bits per heavy atom. The Labute approximate surface area is 139 Å². The van der Waals surface area contributed by atoms with Crippen LogP contribution in [0.5, 0.6) is 0 Å². The molecule has 132 valence electrons. The van der Waals surface area contributed by atoms with Gasteiger partial charge in [0, 0.05) is 6.54 Å². The van der Waals surface area contributed by atoms with E-state index >= 15 is 0 Å². The molecule has 0 aliphatic carbocycles. The molecule has 1 aliphatic heterocycles. The minimum atomic E-state index is -4.06. The number of hydrogen-bond acceptors (Lipinski definition) is 3. The second-order valence-electron chi connectivity index (χ2n) is 5.92. The maximum atomic E-state index is 12.7. The topological polar surface area (TPSA) is 80.0 Å². The summed E-state index contributed by atoms with van der Waals surface area (Å²) in [6.45, 7) is 1.74. The van der Waals surface area contributed by atoms with E-state index in [4.69, 9.17) is 11.5 Å². The fourth-order valence-corrected chi connectivity index (χ4v) is 2.76. The number of halogens is 3. The Hall–Kier alpha value is -2.09. The van der Waals surface area contributed by atoms with E-state index in [0.717, 1.165) is 24.1 Å². The summed E-state index contributed by atoms with van der Waals surface area (Å²) in [7, 11) is 0. The van der Waals surface area contributed by atoms with Crippen molar-refractivity contribution in [1.82, 2.24) is 4.90 Å². The number of alkyl halides is 3. The minimum absolute atomic E-state index is 0.107. The molecule has 24 heavy (non-hydrogen) atoms. The van der Waals surface area contributed by atoms with Gasteiger partial charge in [-0.2, -0.15) is 18.3 Å². The molecule has 8 heteroatoms. The fourth-order valence-electron chi connectivity index (χ4n) is 2.76. The van der Waals surface area contributed by atoms with Gasteiger partial charge >= 0.3 is 6.18 Å². The third kappa shape index (κ3) is 5.84. The summed E-state index contributed by atoms with van der Waals surface area (Å²) >= 11 is 0. The molecule has 5 nitrogen and oxygen atoms in total. The number of nitrogens with zero attached hydrogens (tertiary/aromatic N) is 3. The molecule has 0 radical (unpaired) electrons. The van der Waals surface area contributed by atoms with Gasteiger partial charge in [-0.3, -0.25) is 0 Å². The molecule has 1 heterocycles. The van der Waals surface area contributed by atoms with E-state index in [1.54, 1.807) is 6.21 Å². The number of guanidine groups is 1. The molecular weight excluding hydrogens is 319 g/mol. The average molecular weight is 341 g/mol. The van der Waals surface area contributed by atoms with E-state index in [1.165, 1.54) is 0 Å².